The van der Waals surface area contributed by atoms with E-state index in [9.17, 15) is 5.11 Å². The number of hydrogen-bond acceptors (Lipinski definition) is 5. The SMILES string of the molecule is CSc1ncc(CN[C@@H]2c3ccccc3C3(CCNCC3)[C@H]2O)n1C. The molecule has 1 aromatic heterocycles. The molecular formula is C19H26N4OS. The van der Waals surface area contributed by atoms with Gasteiger partial charge in [0.15, 0.2) is 5.16 Å². The van der Waals surface area contributed by atoms with Crippen molar-refractivity contribution in [3.63, 3.8) is 0 Å². The third kappa shape index (κ3) is 2.72. The molecule has 1 spiro atoms. The minimum absolute atomic E-state index is 0.0260. The fourth-order valence-electron chi connectivity index (χ4n) is 4.52. The molecule has 2 heterocycles. The van der Waals surface area contributed by atoms with Crippen LogP contribution in [0.5, 0.6) is 0 Å². The number of aromatic nitrogens is 2. The van der Waals surface area contributed by atoms with Crippen LogP contribution in [-0.2, 0) is 19.0 Å². The number of benzene rings is 1. The van der Waals surface area contributed by atoms with Crippen molar-refractivity contribution >= 4 is 11.8 Å². The van der Waals surface area contributed by atoms with Crippen LogP contribution >= 0.6 is 11.8 Å². The highest BCUT2D eigenvalue weighted by molar-refractivity contribution is 7.98. The van der Waals surface area contributed by atoms with Gasteiger partial charge >= 0.3 is 0 Å². The monoisotopic (exact) mass is 358 g/mol. The van der Waals surface area contributed by atoms with Crippen LogP contribution in [-0.4, -0.2) is 40.1 Å². The van der Waals surface area contributed by atoms with E-state index in [-0.39, 0.29) is 17.6 Å². The molecule has 25 heavy (non-hydrogen) atoms. The van der Waals surface area contributed by atoms with Crippen LogP contribution in [0.4, 0.5) is 0 Å². The molecule has 1 aliphatic carbocycles. The molecule has 4 rings (SSSR count). The molecule has 2 aliphatic rings. The van der Waals surface area contributed by atoms with Gasteiger partial charge < -0.3 is 20.3 Å². The molecule has 5 nitrogen and oxygen atoms in total. The first-order valence-electron chi connectivity index (χ1n) is 8.93. The van der Waals surface area contributed by atoms with Gasteiger partial charge in [0.25, 0.3) is 0 Å². The maximum atomic E-state index is 11.3. The highest BCUT2D eigenvalue weighted by Gasteiger charge is 2.51. The van der Waals surface area contributed by atoms with Crippen LogP contribution in [0.2, 0.25) is 0 Å². The first-order valence-corrected chi connectivity index (χ1v) is 10.2. The Bertz CT molecular complexity index is 754. The normalized spacial score (nSPS) is 24.6. The summed E-state index contributed by atoms with van der Waals surface area (Å²) in [6.07, 6.45) is 5.56. The van der Waals surface area contributed by atoms with Crippen LogP contribution < -0.4 is 10.6 Å². The Balaban J connectivity index is 1.60. The van der Waals surface area contributed by atoms with Gasteiger partial charge in [0, 0.05) is 19.0 Å². The van der Waals surface area contributed by atoms with Gasteiger partial charge in [0.2, 0.25) is 0 Å². The second kappa shape index (κ2) is 6.76. The minimum atomic E-state index is -0.389. The van der Waals surface area contributed by atoms with Gasteiger partial charge in [-0.05, 0) is 43.3 Å². The molecule has 0 radical (unpaired) electrons. The second-order valence-corrected chi connectivity index (χ2v) is 7.87. The highest BCUT2D eigenvalue weighted by Crippen LogP contribution is 2.50. The maximum Gasteiger partial charge on any atom is 0.167 e. The van der Waals surface area contributed by atoms with Crippen LogP contribution in [0.3, 0.4) is 0 Å². The summed E-state index contributed by atoms with van der Waals surface area (Å²) in [6, 6.07) is 8.53. The number of hydrogen-bond donors (Lipinski definition) is 3. The van der Waals surface area contributed by atoms with E-state index in [1.807, 2.05) is 19.5 Å². The van der Waals surface area contributed by atoms with Gasteiger partial charge in [-0.1, -0.05) is 36.0 Å². The summed E-state index contributed by atoms with van der Waals surface area (Å²) in [4.78, 5) is 4.44. The Labute approximate surface area is 153 Å². The smallest absolute Gasteiger partial charge is 0.167 e. The summed E-state index contributed by atoms with van der Waals surface area (Å²) in [5.41, 5.74) is 3.61. The van der Waals surface area contributed by atoms with E-state index in [1.165, 1.54) is 11.1 Å². The van der Waals surface area contributed by atoms with Crippen molar-refractivity contribution in [2.75, 3.05) is 19.3 Å². The average molecular weight is 359 g/mol. The number of aliphatic hydroxyl groups excluding tert-OH is 1. The number of fused-ring (bicyclic) bond motifs is 2. The minimum Gasteiger partial charge on any atom is -0.390 e. The van der Waals surface area contributed by atoms with Gasteiger partial charge in [0.1, 0.15) is 0 Å². The Morgan fingerprint density at radius 2 is 2.12 bits per heavy atom. The quantitative estimate of drug-likeness (QED) is 0.730. The van der Waals surface area contributed by atoms with Crippen LogP contribution in [0, 0.1) is 0 Å². The number of thioether (sulfide) groups is 1. The Hall–Kier alpha value is -1.34. The molecule has 0 amide bonds. The third-order valence-corrected chi connectivity index (χ3v) is 6.68. The average Bonchev–Trinajstić information content (AvgIpc) is 3.11. The Morgan fingerprint density at radius 1 is 1.36 bits per heavy atom. The molecule has 2 aromatic rings. The lowest BCUT2D eigenvalue weighted by atomic mass is 9.72. The molecular weight excluding hydrogens is 332 g/mol. The molecule has 1 saturated heterocycles. The number of imidazole rings is 1. The van der Waals surface area contributed by atoms with E-state index in [0.717, 1.165) is 36.8 Å². The van der Waals surface area contributed by atoms with E-state index in [0.29, 0.717) is 6.54 Å². The van der Waals surface area contributed by atoms with Crippen LogP contribution in [0.25, 0.3) is 0 Å². The summed E-state index contributed by atoms with van der Waals surface area (Å²) in [5, 5.41) is 19.3. The topological polar surface area (TPSA) is 62.1 Å². The molecule has 134 valence electrons. The number of aliphatic hydroxyl groups is 1. The summed E-state index contributed by atoms with van der Waals surface area (Å²) in [6.45, 7) is 2.64. The molecule has 1 fully saturated rings. The summed E-state index contributed by atoms with van der Waals surface area (Å²) < 4.78 is 2.12. The Kier molecular flexibility index (Phi) is 4.62. The number of nitrogens with one attached hydrogen (secondary N) is 2. The first kappa shape index (κ1) is 17.1. The van der Waals surface area contributed by atoms with Crippen molar-refractivity contribution in [2.45, 2.75) is 42.1 Å². The van der Waals surface area contributed by atoms with Gasteiger partial charge in [-0.3, -0.25) is 0 Å². The predicted octanol–water partition coefficient (Wildman–Crippen LogP) is 1.97. The zero-order chi connectivity index (χ0) is 17.4. The number of rotatable bonds is 4. The zero-order valence-electron chi connectivity index (χ0n) is 14.8. The fourth-order valence-corrected chi connectivity index (χ4v) is 5.07. The summed E-state index contributed by atoms with van der Waals surface area (Å²) in [5.74, 6) is 0. The molecule has 0 saturated carbocycles. The number of nitrogens with zero attached hydrogens (tertiary/aromatic N) is 2. The lowest BCUT2D eigenvalue weighted by Gasteiger charge is -2.39. The maximum absolute atomic E-state index is 11.3. The van der Waals surface area contributed by atoms with E-state index >= 15 is 0 Å². The fraction of sp³-hybridized carbons (Fsp3) is 0.526. The molecule has 0 unspecified atom stereocenters. The van der Waals surface area contributed by atoms with E-state index < -0.39 is 0 Å². The summed E-state index contributed by atoms with van der Waals surface area (Å²) in [7, 11) is 2.04. The second-order valence-electron chi connectivity index (χ2n) is 7.09. The van der Waals surface area contributed by atoms with Crippen LogP contribution in [0.15, 0.2) is 35.6 Å². The standard InChI is InChI=1S/C19H26N4OS/c1-23-13(12-22-18(23)25-2)11-21-16-14-5-3-4-6-15(14)19(17(16)24)7-9-20-10-8-19/h3-6,12,16-17,20-21,24H,7-11H2,1-2H3/t16-,17+/m1/s1. The number of piperidine rings is 1. The molecule has 2 atom stereocenters. The van der Waals surface area contributed by atoms with Crippen molar-refractivity contribution in [3.05, 3.63) is 47.3 Å². The summed E-state index contributed by atoms with van der Waals surface area (Å²) >= 11 is 1.65. The first-order chi connectivity index (χ1) is 12.2. The molecule has 1 aromatic carbocycles. The van der Waals surface area contributed by atoms with Crippen molar-refractivity contribution < 1.29 is 5.11 Å². The van der Waals surface area contributed by atoms with Crippen molar-refractivity contribution in [2.24, 2.45) is 7.05 Å². The highest BCUT2D eigenvalue weighted by atomic mass is 32.2. The zero-order valence-corrected chi connectivity index (χ0v) is 15.6. The van der Waals surface area contributed by atoms with E-state index in [1.54, 1.807) is 11.8 Å². The predicted molar refractivity (Wildman–Crippen MR) is 101 cm³/mol. The van der Waals surface area contributed by atoms with Crippen molar-refractivity contribution in [3.8, 4) is 0 Å². The van der Waals surface area contributed by atoms with Gasteiger partial charge in [-0.25, -0.2) is 4.98 Å². The van der Waals surface area contributed by atoms with E-state index in [4.69, 9.17) is 0 Å². The van der Waals surface area contributed by atoms with Crippen LogP contribution in [0.1, 0.15) is 35.7 Å². The lowest BCUT2D eigenvalue weighted by Crippen LogP contribution is -2.48. The van der Waals surface area contributed by atoms with Gasteiger partial charge in [-0.2, -0.15) is 0 Å². The molecule has 3 N–H and O–H groups in total. The molecule has 1 aliphatic heterocycles. The largest absolute Gasteiger partial charge is 0.390 e. The Morgan fingerprint density at radius 3 is 2.84 bits per heavy atom. The molecule has 0 bridgehead atoms. The van der Waals surface area contributed by atoms with Crippen molar-refractivity contribution in [1.82, 2.24) is 20.2 Å². The third-order valence-electron chi connectivity index (χ3n) is 5.94. The van der Waals surface area contributed by atoms with Crippen molar-refractivity contribution in [1.29, 1.82) is 0 Å². The molecule has 6 heteroatoms. The van der Waals surface area contributed by atoms with Gasteiger partial charge in [-0.15, -0.1) is 0 Å². The lowest BCUT2D eigenvalue weighted by molar-refractivity contribution is 0.0437. The van der Waals surface area contributed by atoms with Gasteiger partial charge in [0.05, 0.1) is 24.0 Å². The van der Waals surface area contributed by atoms with E-state index in [2.05, 4.69) is 44.5 Å².